The normalized spacial score (nSPS) is 21.4. The van der Waals surface area contributed by atoms with Crippen molar-refractivity contribution in [3.05, 3.63) is 85.1 Å². The van der Waals surface area contributed by atoms with Crippen LogP contribution in [0.3, 0.4) is 0 Å². The fourth-order valence-corrected chi connectivity index (χ4v) is 6.33. The Balaban J connectivity index is 2.31. The van der Waals surface area contributed by atoms with Crippen LogP contribution in [-0.4, -0.2) is 97.5 Å². The summed E-state index contributed by atoms with van der Waals surface area (Å²) in [6, 6.07) is 0. The maximum Gasteiger partial charge on any atom is 0.397 e. The third-order valence-electron chi connectivity index (χ3n) is 9.03. The Morgan fingerprint density at radius 2 is 1.19 bits per heavy atom. The Morgan fingerprint density at radius 1 is 0.672 bits per heavy atom. The molecule has 13 heteroatoms. The number of aliphatic hydroxyl groups excluding tert-OH is 3. The summed E-state index contributed by atoms with van der Waals surface area (Å²) in [6.45, 7) is 3.67. The van der Waals surface area contributed by atoms with Gasteiger partial charge in [0.2, 0.25) is 0 Å². The molecule has 0 spiro atoms. The van der Waals surface area contributed by atoms with Crippen molar-refractivity contribution < 1.29 is 56.2 Å². The summed E-state index contributed by atoms with van der Waals surface area (Å²) in [4.78, 5) is 12.6. The highest BCUT2D eigenvalue weighted by Gasteiger charge is 2.48. The van der Waals surface area contributed by atoms with Gasteiger partial charge in [-0.2, -0.15) is 8.42 Å². The van der Waals surface area contributed by atoms with Gasteiger partial charge in [0.1, 0.15) is 30.5 Å². The quantitative estimate of drug-likeness (QED) is 0.0207. The molecular weight excluding hydrogens is 765 g/mol. The molecule has 1 aliphatic rings. The molecule has 1 saturated heterocycles. The maximum atomic E-state index is 12.6. The fourth-order valence-electron chi connectivity index (χ4n) is 5.83. The number of carbonyl (C=O) groups excluding carboxylic acids is 1. The van der Waals surface area contributed by atoms with Crippen molar-refractivity contribution in [3.63, 3.8) is 0 Å². The van der Waals surface area contributed by atoms with Crippen LogP contribution in [0.4, 0.5) is 0 Å². The van der Waals surface area contributed by atoms with Crippen molar-refractivity contribution in [2.75, 3.05) is 26.4 Å². The smallest absolute Gasteiger partial charge is 0.397 e. The van der Waals surface area contributed by atoms with Gasteiger partial charge >= 0.3 is 16.4 Å². The maximum absolute atomic E-state index is 12.6. The third kappa shape index (κ3) is 29.5. The lowest BCUT2D eigenvalue weighted by Crippen LogP contribution is -2.60. The van der Waals surface area contributed by atoms with Crippen LogP contribution in [0.2, 0.25) is 0 Å². The van der Waals surface area contributed by atoms with Gasteiger partial charge in [-0.05, 0) is 70.6 Å². The topological polar surface area (TPSA) is 178 Å². The number of esters is 1. The molecule has 0 aromatic rings. The average molecular weight is 839 g/mol. The average Bonchev–Trinajstić information content (AvgIpc) is 3.19. The molecule has 4 N–H and O–H groups in total. The largest absolute Gasteiger partial charge is 0.457 e. The third-order valence-corrected chi connectivity index (χ3v) is 9.50. The van der Waals surface area contributed by atoms with Crippen LogP contribution in [0.1, 0.15) is 129 Å². The van der Waals surface area contributed by atoms with Gasteiger partial charge < -0.3 is 34.3 Å². The first-order valence-electron chi connectivity index (χ1n) is 21.3. The number of hydrogen-bond acceptors (Lipinski definition) is 11. The van der Waals surface area contributed by atoms with Crippen molar-refractivity contribution in [1.82, 2.24) is 0 Å². The van der Waals surface area contributed by atoms with E-state index in [0.717, 1.165) is 103 Å². The first-order chi connectivity index (χ1) is 28.1. The zero-order chi connectivity index (χ0) is 42.5. The van der Waals surface area contributed by atoms with E-state index in [-0.39, 0.29) is 19.6 Å². The monoisotopic (exact) mass is 838 g/mol. The Labute approximate surface area is 349 Å². The molecule has 1 aliphatic heterocycles. The number of aliphatic hydroxyl groups is 3. The molecule has 0 radical (unpaired) electrons. The van der Waals surface area contributed by atoms with Crippen molar-refractivity contribution in [2.24, 2.45) is 0 Å². The van der Waals surface area contributed by atoms with Gasteiger partial charge in [0.05, 0.1) is 19.8 Å². The van der Waals surface area contributed by atoms with Gasteiger partial charge in [0.15, 0.2) is 6.29 Å². The van der Waals surface area contributed by atoms with E-state index >= 15 is 0 Å². The minimum absolute atomic E-state index is 0.0126. The summed E-state index contributed by atoms with van der Waals surface area (Å²) in [5.41, 5.74) is 0. The van der Waals surface area contributed by atoms with Crippen LogP contribution in [0.5, 0.6) is 0 Å². The number of rotatable bonds is 35. The number of carbonyl (C=O) groups is 1. The summed E-state index contributed by atoms with van der Waals surface area (Å²) in [7, 11) is -5.06. The number of ether oxygens (including phenoxy) is 4. The molecule has 6 unspecified atom stereocenters. The molecule has 1 fully saturated rings. The van der Waals surface area contributed by atoms with E-state index in [1.807, 2.05) is 0 Å². The second kappa shape index (κ2) is 36.2. The molecule has 12 nitrogen and oxygen atoms in total. The summed E-state index contributed by atoms with van der Waals surface area (Å²) in [6.07, 6.45) is 38.3. The van der Waals surface area contributed by atoms with Crippen LogP contribution < -0.4 is 0 Å². The van der Waals surface area contributed by atoms with E-state index in [1.54, 1.807) is 0 Å². The zero-order valence-corrected chi connectivity index (χ0v) is 35.9. The second-order valence-electron chi connectivity index (χ2n) is 14.2. The Bertz CT molecular complexity index is 1340. The summed E-state index contributed by atoms with van der Waals surface area (Å²) >= 11 is 0. The Morgan fingerprint density at radius 3 is 1.72 bits per heavy atom. The summed E-state index contributed by atoms with van der Waals surface area (Å²) in [5.74, 6) is -0.427. The van der Waals surface area contributed by atoms with Crippen molar-refractivity contribution >= 4 is 16.4 Å². The summed E-state index contributed by atoms with van der Waals surface area (Å²) in [5, 5.41) is 30.5. The highest BCUT2D eigenvalue weighted by atomic mass is 32.3. The van der Waals surface area contributed by atoms with E-state index in [1.165, 1.54) is 0 Å². The predicted octanol–water partition coefficient (Wildman–Crippen LogP) is 8.51. The van der Waals surface area contributed by atoms with E-state index in [2.05, 4.69) is 103 Å². The molecule has 0 aromatic carbocycles. The van der Waals surface area contributed by atoms with Crippen LogP contribution in [0, 0.1) is 0 Å². The Kier molecular flexibility index (Phi) is 33.2. The minimum atomic E-state index is -5.06. The lowest BCUT2D eigenvalue weighted by atomic mass is 9.99. The molecule has 0 saturated carbocycles. The van der Waals surface area contributed by atoms with Gasteiger partial charge in [0, 0.05) is 13.0 Å². The molecule has 6 atom stereocenters. The number of allylic oxidation sites excluding steroid dienone is 14. The predicted molar refractivity (Wildman–Crippen MR) is 229 cm³/mol. The number of unbranched alkanes of at least 4 members (excludes halogenated alkanes) is 8. The minimum Gasteiger partial charge on any atom is -0.457 e. The van der Waals surface area contributed by atoms with Gasteiger partial charge in [-0.15, -0.1) is 0 Å². The van der Waals surface area contributed by atoms with Crippen LogP contribution in [0.25, 0.3) is 0 Å². The highest BCUT2D eigenvalue weighted by molar-refractivity contribution is 7.80. The molecule has 1 rings (SSSR count). The lowest BCUT2D eigenvalue weighted by Gasteiger charge is -2.41. The van der Waals surface area contributed by atoms with Crippen molar-refractivity contribution in [1.29, 1.82) is 0 Å². The molecular formula is C45H74O12S. The SMILES string of the molecule is CC/C=C\C/C=C\C/C=C\C/C=C\C/C=C\C/C=C\C/C=C\CCCCCCOCC(COC1OC(CO)C(O)C(OS(=O)(=O)O)C1O)OC(=O)CCCCCCC. The first kappa shape index (κ1) is 53.3. The van der Waals surface area contributed by atoms with Crippen molar-refractivity contribution in [2.45, 2.75) is 166 Å². The van der Waals surface area contributed by atoms with E-state index in [9.17, 15) is 28.5 Å². The molecule has 0 amide bonds. The zero-order valence-electron chi connectivity index (χ0n) is 35.1. The van der Waals surface area contributed by atoms with Crippen LogP contribution in [0.15, 0.2) is 85.1 Å². The van der Waals surface area contributed by atoms with Gasteiger partial charge in [-0.3, -0.25) is 9.35 Å². The fraction of sp³-hybridized carbons (Fsp3) is 0.667. The van der Waals surface area contributed by atoms with Gasteiger partial charge in [0.25, 0.3) is 0 Å². The molecule has 332 valence electrons. The molecule has 1 heterocycles. The van der Waals surface area contributed by atoms with Crippen molar-refractivity contribution in [3.8, 4) is 0 Å². The Hall–Kier alpha value is -2.72. The standard InChI is InChI=1S/C45H74O12S/c1-3-5-7-9-10-11-12-13-14-15-16-17-18-19-20-21-22-23-24-25-26-27-28-29-31-33-35-53-37-39(55-41(47)34-32-30-8-6-4-2)38-54-45-43(49)44(57-58(50,51)52)42(48)40(36-46)56-45/h5,7,10-11,13-14,16-17,19-20,22-23,25-26,39-40,42-46,48-49H,3-4,6,8-9,12,15,18,21,24,27-38H2,1-2H3,(H,50,51,52)/b7-5-,11-10-,14-13-,17-16-,20-19-,23-22-,26-25-. The second-order valence-corrected chi connectivity index (χ2v) is 15.3. The number of hydrogen-bond donors (Lipinski definition) is 4. The first-order valence-corrected chi connectivity index (χ1v) is 22.7. The van der Waals surface area contributed by atoms with Gasteiger partial charge in [-0.25, -0.2) is 4.18 Å². The molecule has 0 aliphatic carbocycles. The molecule has 0 aromatic heterocycles. The van der Waals surface area contributed by atoms with Gasteiger partial charge in [-0.1, -0.05) is 137 Å². The van der Waals surface area contributed by atoms with Crippen LogP contribution >= 0.6 is 0 Å². The summed E-state index contributed by atoms with van der Waals surface area (Å²) < 4.78 is 58.6. The molecule has 0 bridgehead atoms. The van der Waals surface area contributed by atoms with Crippen LogP contribution in [-0.2, 0) is 38.3 Å². The van der Waals surface area contributed by atoms with E-state index in [4.69, 9.17) is 23.5 Å². The molecule has 58 heavy (non-hydrogen) atoms. The van der Waals surface area contributed by atoms with E-state index < -0.39 is 59.8 Å². The lowest BCUT2D eigenvalue weighted by molar-refractivity contribution is -0.301. The van der Waals surface area contributed by atoms with E-state index in [0.29, 0.717) is 13.0 Å². The highest BCUT2D eigenvalue weighted by Crippen LogP contribution is 2.26.